The molecule has 3 aromatic rings. The molecule has 1 aromatic heterocycles. The highest BCUT2D eigenvalue weighted by Gasteiger charge is 2.09. The Kier molecular flexibility index (Phi) is 1.74. The van der Waals surface area contributed by atoms with Crippen LogP contribution in [0.2, 0.25) is 0 Å². The summed E-state index contributed by atoms with van der Waals surface area (Å²) < 4.78 is 0. The molecule has 0 fully saturated rings. The van der Waals surface area contributed by atoms with E-state index in [4.69, 9.17) is 0 Å². The molecule has 0 bridgehead atoms. The van der Waals surface area contributed by atoms with Gasteiger partial charge in [-0.25, -0.2) is 0 Å². The number of phenols is 2. The summed E-state index contributed by atoms with van der Waals surface area (Å²) in [6.07, 6.45) is 1.76. The zero-order chi connectivity index (χ0) is 11.1. The molecule has 0 radical (unpaired) electrons. The van der Waals surface area contributed by atoms with Crippen molar-refractivity contribution in [3.05, 3.63) is 42.6 Å². The van der Waals surface area contributed by atoms with E-state index in [0.29, 0.717) is 10.9 Å². The Bertz CT molecular complexity index is 692. The normalized spacial score (nSPS) is 11.0. The number of nitrogens with zero attached hydrogens (tertiary/aromatic N) is 1. The second-order valence-corrected chi connectivity index (χ2v) is 3.67. The molecule has 2 N–H and O–H groups in total. The first kappa shape index (κ1) is 8.97. The number of hydrogen-bond donors (Lipinski definition) is 2. The predicted molar refractivity (Wildman–Crippen MR) is 62.6 cm³/mol. The molecule has 0 aliphatic rings. The number of hydrogen-bond acceptors (Lipinski definition) is 3. The molecule has 0 spiro atoms. The minimum absolute atomic E-state index is 0.109. The van der Waals surface area contributed by atoms with Gasteiger partial charge in [-0.3, -0.25) is 4.98 Å². The van der Waals surface area contributed by atoms with Crippen LogP contribution in [0.5, 0.6) is 11.5 Å². The van der Waals surface area contributed by atoms with E-state index in [-0.39, 0.29) is 11.5 Å². The molecule has 3 rings (SSSR count). The maximum absolute atomic E-state index is 9.87. The molecule has 3 heteroatoms. The zero-order valence-electron chi connectivity index (χ0n) is 8.38. The van der Waals surface area contributed by atoms with Gasteiger partial charge in [-0.1, -0.05) is 24.3 Å². The van der Waals surface area contributed by atoms with Gasteiger partial charge in [0, 0.05) is 11.6 Å². The third kappa shape index (κ3) is 1.11. The summed E-state index contributed by atoms with van der Waals surface area (Å²) in [4.78, 5) is 4.24. The van der Waals surface area contributed by atoms with Crippen molar-refractivity contribution in [2.45, 2.75) is 0 Å². The Morgan fingerprint density at radius 1 is 0.938 bits per heavy atom. The molecule has 0 unspecified atom stereocenters. The van der Waals surface area contributed by atoms with Crippen molar-refractivity contribution in [2.24, 2.45) is 0 Å². The van der Waals surface area contributed by atoms with E-state index >= 15 is 0 Å². The fraction of sp³-hybridized carbons (Fsp3) is 0. The van der Waals surface area contributed by atoms with E-state index in [0.717, 1.165) is 10.8 Å². The van der Waals surface area contributed by atoms with Gasteiger partial charge in [-0.15, -0.1) is 0 Å². The van der Waals surface area contributed by atoms with Gasteiger partial charge in [0.25, 0.3) is 0 Å². The molecule has 0 aliphatic heterocycles. The van der Waals surface area contributed by atoms with Crippen LogP contribution in [0, 0.1) is 0 Å². The second kappa shape index (κ2) is 3.10. The summed E-state index contributed by atoms with van der Waals surface area (Å²) in [6, 6.07) is 10.8. The lowest BCUT2D eigenvalue weighted by atomic mass is 10.1. The second-order valence-electron chi connectivity index (χ2n) is 3.67. The first-order valence-electron chi connectivity index (χ1n) is 4.96. The van der Waals surface area contributed by atoms with Crippen LogP contribution < -0.4 is 0 Å². The molecular formula is C13H9NO2. The molecule has 0 aliphatic carbocycles. The molecule has 1 heterocycles. The SMILES string of the molecule is Oc1ccc2ncc3ccccc3c2c1O. The maximum Gasteiger partial charge on any atom is 0.167 e. The Hall–Kier alpha value is -2.29. The average molecular weight is 211 g/mol. The van der Waals surface area contributed by atoms with Crippen molar-refractivity contribution in [3.8, 4) is 11.5 Å². The fourth-order valence-electron chi connectivity index (χ4n) is 1.92. The van der Waals surface area contributed by atoms with Gasteiger partial charge in [-0.05, 0) is 17.5 Å². The first-order valence-corrected chi connectivity index (χ1v) is 4.96. The lowest BCUT2D eigenvalue weighted by Crippen LogP contribution is -1.82. The molecule has 3 nitrogen and oxygen atoms in total. The quantitative estimate of drug-likeness (QED) is 0.444. The summed E-state index contributed by atoms with van der Waals surface area (Å²) in [5, 5.41) is 21.8. The minimum atomic E-state index is -0.120. The Morgan fingerprint density at radius 2 is 1.75 bits per heavy atom. The van der Waals surface area contributed by atoms with Gasteiger partial charge in [0.2, 0.25) is 0 Å². The summed E-state index contributed by atoms with van der Waals surface area (Å²) >= 11 is 0. The van der Waals surface area contributed by atoms with E-state index in [2.05, 4.69) is 4.98 Å². The van der Waals surface area contributed by atoms with Crippen LogP contribution in [0.25, 0.3) is 21.7 Å². The third-order valence-corrected chi connectivity index (χ3v) is 2.71. The van der Waals surface area contributed by atoms with Crippen LogP contribution in [0.3, 0.4) is 0 Å². The van der Waals surface area contributed by atoms with Crippen molar-refractivity contribution in [3.63, 3.8) is 0 Å². The van der Waals surface area contributed by atoms with Crippen molar-refractivity contribution in [1.82, 2.24) is 4.98 Å². The summed E-state index contributed by atoms with van der Waals surface area (Å²) in [7, 11) is 0. The molecule has 0 atom stereocenters. The number of aromatic hydroxyl groups is 2. The molecule has 78 valence electrons. The number of rotatable bonds is 0. The molecule has 0 saturated heterocycles. The average Bonchev–Trinajstić information content (AvgIpc) is 2.33. The zero-order valence-corrected chi connectivity index (χ0v) is 8.38. The van der Waals surface area contributed by atoms with Crippen LogP contribution in [0.1, 0.15) is 0 Å². The predicted octanol–water partition coefficient (Wildman–Crippen LogP) is 2.80. The first-order chi connectivity index (χ1) is 7.77. The lowest BCUT2D eigenvalue weighted by molar-refractivity contribution is 0.408. The highest BCUT2D eigenvalue weighted by atomic mass is 16.3. The highest BCUT2D eigenvalue weighted by molar-refractivity contribution is 6.09. The highest BCUT2D eigenvalue weighted by Crippen LogP contribution is 2.36. The van der Waals surface area contributed by atoms with Gasteiger partial charge < -0.3 is 10.2 Å². The van der Waals surface area contributed by atoms with Gasteiger partial charge in [0.15, 0.2) is 11.5 Å². The van der Waals surface area contributed by atoms with Crippen LogP contribution in [0.15, 0.2) is 42.6 Å². The van der Waals surface area contributed by atoms with Crippen LogP contribution in [0.4, 0.5) is 0 Å². The Morgan fingerprint density at radius 3 is 2.62 bits per heavy atom. The molecular weight excluding hydrogens is 202 g/mol. The van der Waals surface area contributed by atoms with Crippen molar-refractivity contribution >= 4 is 21.7 Å². The van der Waals surface area contributed by atoms with E-state index in [9.17, 15) is 10.2 Å². The van der Waals surface area contributed by atoms with E-state index in [1.54, 1.807) is 12.3 Å². The van der Waals surface area contributed by atoms with Gasteiger partial charge in [0.05, 0.1) is 10.9 Å². The van der Waals surface area contributed by atoms with Crippen LogP contribution >= 0.6 is 0 Å². The largest absolute Gasteiger partial charge is 0.504 e. The van der Waals surface area contributed by atoms with Crippen molar-refractivity contribution < 1.29 is 10.2 Å². The molecule has 16 heavy (non-hydrogen) atoms. The smallest absolute Gasteiger partial charge is 0.167 e. The van der Waals surface area contributed by atoms with Crippen molar-refractivity contribution in [2.75, 3.05) is 0 Å². The van der Waals surface area contributed by atoms with Gasteiger partial charge in [0.1, 0.15) is 0 Å². The monoisotopic (exact) mass is 211 g/mol. The third-order valence-electron chi connectivity index (χ3n) is 2.71. The van der Waals surface area contributed by atoms with Crippen molar-refractivity contribution in [1.29, 1.82) is 0 Å². The summed E-state index contributed by atoms with van der Waals surface area (Å²) in [5.74, 6) is -0.229. The Labute approximate surface area is 91.6 Å². The number of aromatic nitrogens is 1. The molecule has 2 aromatic carbocycles. The molecule has 0 saturated carbocycles. The summed E-state index contributed by atoms with van der Waals surface area (Å²) in [5.41, 5.74) is 0.675. The number of pyridine rings is 1. The van der Waals surface area contributed by atoms with E-state index in [1.807, 2.05) is 24.3 Å². The summed E-state index contributed by atoms with van der Waals surface area (Å²) in [6.45, 7) is 0. The number of benzene rings is 2. The minimum Gasteiger partial charge on any atom is -0.504 e. The van der Waals surface area contributed by atoms with Crippen LogP contribution in [-0.2, 0) is 0 Å². The topological polar surface area (TPSA) is 53.4 Å². The fourth-order valence-corrected chi connectivity index (χ4v) is 1.92. The van der Waals surface area contributed by atoms with E-state index < -0.39 is 0 Å². The number of fused-ring (bicyclic) bond motifs is 3. The Balaban J connectivity index is 2.63. The van der Waals surface area contributed by atoms with E-state index in [1.165, 1.54) is 6.07 Å². The lowest BCUT2D eigenvalue weighted by Gasteiger charge is -2.06. The maximum atomic E-state index is 9.87. The standard InChI is InChI=1S/C13H9NO2/c15-11-6-5-10-12(13(11)16)9-4-2-1-3-8(9)7-14-10/h1-7,15-16H. The molecule has 0 amide bonds. The van der Waals surface area contributed by atoms with Crippen LogP contribution in [-0.4, -0.2) is 15.2 Å². The van der Waals surface area contributed by atoms with Gasteiger partial charge >= 0.3 is 0 Å². The number of phenolic OH excluding ortho intramolecular Hbond substituents is 2. The van der Waals surface area contributed by atoms with Gasteiger partial charge in [-0.2, -0.15) is 0 Å².